The molecule has 7 fully saturated rings. The minimum Gasteiger partial charge on any atom is -0.511 e. The summed E-state index contributed by atoms with van der Waals surface area (Å²) in [6, 6.07) is 1.51. The zero-order valence-corrected chi connectivity index (χ0v) is 26.3. The van der Waals surface area contributed by atoms with Gasteiger partial charge in [-0.2, -0.15) is 0 Å². The van der Waals surface area contributed by atoms with Crippen molar-refractivity contribution in [2.24, 2.45) is 34.0 Å². The Bertz CT molecular complexity index is 1610. The summed E-state index contributed by atoms with van der Waals surface area (Å²) in [7, 11) is 0. The number of furan rings is 1. The van der Waals surface area contributed by atoms with Crippen LogP contribution < -0.4 is 0 Å². The number of carbonyl (C=O) groups is 2. The number of esters is 1. The number of carbonyl (C=O) groups excluding carboxylic acids is 1. The van der Waals surface area contributed by atoms with E-state index in [0.717, 1.165) is 0 Å². The lowest BCUT2D eigenvalue weighted by atomic mass is 9.32. The molecule has 15 atom stereocenters. The van der Waals surface area contributed by atoms with E-state index in [2.05, 4.69) is 0 Å². The van der Waals surface area contributed by atoms with Crippen LogP contribution in [-0.4, -0.2) is 100 Å². The maximum absolute atomic E-state index is 14.2. The Kier molecular flexibility index (Phi) is 5.46. The number of rotatable bonds is 4. The molecule has 8 rings (SSSR count). The molecule has 46 heavy (non-hydrogen) atoms. The Balaban J connectivity index is 1.54. The molecule has 0 radical (unpaired) electrons. The Morgan fingerprint density at radius 2 is 1.67 bits per heavy atom. The average molecular weight is 649 g/mol. The fraction of sp³-hybridized carbons (Fsp3) is 0.750. The molecule has 252 valence electrons. The van der Waals surface area contributed by atoms with Crippen LogP contribution in [0.25, 0.3) is 0 Å². The van der Waals surface area contributed by atoms with Crippen molar-refractivity contribution in [3.05, 3.63) is 35.5 Å². The quantitative estimate of drug-likeness (QED) is 0.135. The summed E-state index contributed by atoms with van der Waals surface area (Å²) >= 11 is 0. The number of aliphatic hydroxyl groups is 6. The van der Waals surface area contributed by atoms with E-state index in [-0.39, 0.29) is 17.6 Å². The number of carboxylic acids is 1. The minimum absolute atomic E-state index is 0.145. The van der Waals surface area contributed by atoms with Gasteiger partial charge in [0.2, 0.25) is 0 Å². The molecule has 14 nitrogen and oxygen atoms in total. The van der Waals surface area contributed by atoms with Crippen molar-refractivity contribution in [3.8, 4) is 0 Å². The third-order valence-electron chi connectivity index (χ3n) is 13.6. The first-order valence-electron chi connectivity index (χ1n) is 15.7. The molecule has 1 aromatic heterocycles. The second-order valence-corrected chi connectivity index (χ2v) is 15.7. The van der Waals surface area contributed by atoms with Crippen molar-refractivity contribution in [1.29, 1.82) is 0 Å². The van der Waals surface area contributed by atoms with E-state index in [1.807, 2.05) is 0 Å². The van der Waals surface area contributed by atoms with Gasteiger partial charge in [-0.15, -0.1) is 0 Å². The van der Waals surface area contributed by atoms with Crippen molar-refractivity contribution in [3.63, 3.8) is 0 Å². The molecule has 4 aliphatic carbocycles. The van der Waals surface area contributed by atoms with Crippen LogP contribution in [0.4, 0.5) is 0 Å². The fourth-order valence-corrected chi connectivity index (χ4v) is 12.2. The van der Waals surface area contributed by atoms with Crippen molar-refractivity contribution >= 4 is 11.9 Å². The second kappa shape index (κ2) is 8.17. The lowest BCUT2D eigenvalue weighted by Crippen LogP contribution is -2.97. The summed E-state index contributed by atoms with van der Waals surface area (Å²) in [5.41, 5.74) is -14.4. The highest BCUT2D eigenvalue weighted by Gasteiger charge is 3.04. The lowest BCUT2D eigenvalue weighted by molar-refractivity contribution is -0.491. The zero-order valence-electron chi connectivity index (χ0n) is 26.3. The van der Waals surface area contributed by atoms with Crippen LogP contribution in [0.1, 0.15) is 66.1 Å². The standard InChI is InChI=1S/C32H40O14/c1-12(2)17(35)16-18-26(4,21(43-22(16)38)13-7-8-42-10-13)19(36)20(37)32-27(5)14(9-15(33)34)25(3)11-29(27)30(41,23(25)39)24(40)31(18,32)45-28(6,44-29)46-32/h7-8,10,12,14,18-21,23-24,35-37,39-41H,9,11H2,1-6H3,(H,33,34)/b17-16-/t14?,18?,19?,20?,21?,23?,24?,25?,26-,27+,28?,29?,30-,31+,32+/m1/s1. The van der Waals surface area contributed by atoms with Crippen LogP contribution in [-0.2, 0) is 28.5 Å². The highest BCUT2D eigenvalue weighted by Crippen LogP contribution is 2.89. The summed E-state index contributed by atoms with van der Waals surface area (Å²) in [5, 5.41) is 84.7. The number of hydrogen-bond acceptors (Lipinski definition) is 13. The number of carboxylic acid groups (broad SMARTS) is 1. The summed E-state index contributed by atoms with van der Waals surface area (Å²) in [6.07, 6.45) is -7.21. The van der Waals surface area contributed by atoms with Gasteiger partial charge in [-0.1, -0.05) is 34.6 Å². The Hall–Kier alpha value is -2.56. The third kappa shape index (κ3) is 2.57. The van der Waals surface area contributed by atoms with Crippen molar-refractivity contribution in [2.45, 2.75) is 113 Å². The molecule has 1 aromatic rings. The van der Waals surface area contributed by atoms with Gasteiger partial charge in [0.1, 0.15) is 46.5 Å². The number of allylic oxidation sites excluding steroid dienone is 1. The van der Waals surface area contributed by atoms with E-state index in [1.54, 1.807) is 27.7 Å². The molecule has 0 amide bonds. The molecule has 4 heterocycles. The Morgan fingerprint density at radius 1 is 1.00 bits per heavy atom. The van der Waals surface area contributed by atoms with E-state index in [0.29, 0.717) is 0 Å². The van der Waals surface area contributed by atoms with Gasteiger partial charge in [-0.25, -0.2) is 4.79 Å². The van der Waals surface area contributed by atoms with Crippen LogP contribution in [0, 0.1) is 34.0 Å². The summed E-state index contributed by atoms with van der Waals surface area (Å²) in [6.45, 7) is 9.27. The molecule has 3 saturated heterocycles. The predicted octanol–water partition coefficient (Wildman–Crippen LogP) is 0.658. The van der Waals surface area contributed by atoms with Gasteiger partial charge in [-0.05, 0) is 18.4 Å². The molecule has 4 bridgehead atoms. The molecule has 14 heteroatoms. The summed E-state index contributed by atoms with van der Waals surface area (Å²) < 4.78 is 31.2. The number of fused-ring (bicyclic) bond motifs is 3. The van der Waals surface area contributed by atoms with Gasteiger partial charge in [0, 0.05) is 47.0 Å². The number of aliphatic hydroxyl groups excluding tert-OH is 5. The molecular weight excluding hydrogens is 608 g/mol. The molecule has 7 aliphatic rings. The van der Waals surface area contributed by atoms with E-state index < -0.39 is 117 Å². The average Bonchev–Trinajstić information content (AvgIpc) is 3.67. The minimum atomic E-state index is -2.56. The highest BCUT2D eigenvalue weighted by atomic mass is 16.9. The highest BCUT2D eigenvalue weighted by molar-refractivity contribution is 5.92. The SMILES string of the molecule is CC(C)/C(O)=C1/C(=O)OC(c2ccoc2)[C@@]2(C)C(O)C(O)[C@@]34OC5(C)OC67CC(C)(C(O)[C@@]6(O)C(O)[C@@]3(O5)C12)C(CC(=O)O)[C@@]74C. The van der Waals surface area contributed by atoms with Gasteiger partial charge < -0.3 is 59.1 Å². The molecule has 0 aromatic carbocycles. The van der Waals surface area contributed by atoms with Gasteiger partial charge >= 0.3 is 11.9 Å². The topological polar surface area (TPSA) is 226 Å². The van der Waals surface area contributed by atoms with Crippen LogP contribution in [0.3, 0.4) is 0 Å². The van der Waals surface area contributed by atoms with E-state index in [4.69, 9.17) is 23.4 Å². The molecule has 2 spiro atoms. The first-order valence-corrected chi connectivity index (χ1v) is 15.7. The summed E-state index contributed by atoms with van der Waals surface area (Å²) in [4.78, 5) is 26.6. The zero-order chi connectivity index (χ0) is 33.6. The summed E-state index contributed by atoms with van der Waals surface area (Å²) in [5.74, 6) is -8.23. The van der Waals surface area contributed by atoms with Crippen molar-refractivity contribution in [2.75, 3.05) is 0 Å². The van der Waals surface area contributed by atoms with Gasteiger partial charge in [-0.3, -0.25) is 4.79 Å². The molecule has 10 unspecified atom stereocenters. The molecular formula is C32H40O14. The normalized spacial score (nSPS) is 58.6. The van der Waals surface area contributed by atoms with Crippen LogP contribution in [0.15, 0.2) is 34.3 Å². The molecule has 7 N–H and O–H groups in total. The van der Waals surface area contributed by atoms with E-state index in [9.17, 15) is 45.3 Å². The smallest absolute Gasteiger partial charge is 0.338 e. The number of cyclic esters (lactones) is 1. The Morgan fingerprint density at radius 3 is 2.26 bits per heavy atom. The Labute approximate surface area is 263 Å². The first-order chi connectivity index (χ1) is 21.2. The second-order valence-electron chi connectivity index (χ2n) is 15.7. The largest absolute Gasteiger partial charge is 0.511 e. The van der Waals surface area contributed by atoms with Crippen LogP contribution in [0.2, 0.25) is 0 Å². The molecule has 4 saturated carbocycles. The number of aliphatic carboxylic acids is 1. The van der Waals surface area contributed by atoms with Crippen LogP contribution >= 0.6 is 0 Å². The third-order valence-corrected chi connectivity index (χ3v) is 13.6. The van der Waals surface area contributed by atoms with Gasteiger partial charge in [0.25, 0.3) is 5.97 Å². The molecule has 3 aliphatic heterocycles. The van der Waals surface area contributed by atoms with Crippen molar-refractivity contribution in [1.82, 2.24) is 0 Å². The predicted molar refractivity (Wildman–Crippen MR) is 149 cm³/mol. The van der Waals surface area contributed by atoms with Crippen LogP contribution in [0.5, 0.6) is 0 Å². The van der Waals surface area contributed by atoms with Gasteiger partial charge in [0.05, 0.1) is 30.3 Å². The van der Waals surface area contributed by atoms with Gasteiger partial charge in [0.15, 0.2) is 0 Å². The first kappa shape index (κ1) is 30.8. The lowest BCUT2D eigenvalue weighted by Gasteiger charge is -2.78. The van der Waals surface area contributed by atoms with Crippen molar-refractivity contribution < 1.29 is 68.7 Å². The maximum atomic E-state index is 14.2. The monoisotopic (exact) mass is 648 g/mol. The fourth-order valence-electron chi connectivity index (χ4n) is 12.2. The maximum Gasteiger partial charge on any atom is 0.338 e. The number of hydrogen-bond donors (Lipinski definition) is 7. The number of ether oxygens (including phenoxy) is 4. The van der Waals surface area contributed by atoms with E-state index >= 15 is 0 Å². The van der Waals surface area contributed by atoms with E-state index in [1.165, 1.54) is 32.4 Å².